The fraction of sp³-hybridized carbons (Fsp3) is 0.125. The summed E-state index contributed by atoms with van der Waals surface area (Å²) in [5.41, 5.74) is 0.447. The van der Waals surface area contributed by atoms with Crippen LogP contribution in [-0.2, 0) is 0 Å². The van der Waals surface area contributed by atoms with Gasteiger partial charge in [0.15, 0.2) is 0 Å². The van der Waals surface area contributed by atoms with Crippen LogP contribution in [0.4, 0.5) is 5.69 Å². The summed E-state index contributed by atoms with van der Waals surface area (Å²) >= 11 is 9.50. The van der Waals surface area contributed by atoms with Crippen LogP contribution in [0.15, 0.2) is 18.3 Å². The zero-order valence-corrected chi connectivity index (χ0v) is 8.70. The molecule has 0 saturated heterocycles. The molecule has 0 fully saturated rings. The van der Waals surface area contributed by atoms with Crippen molar-refractivity contribution in [3.05, 3.63) is 39.2 Å². The highest BCUT2D eigenvalue weighted by molar-refractivity contribution is 7.80. The van der Waals surface area contributed by atoms with Crippen LogP contribution in [0.25, 0.3) is 6.08 Å². The van der Waals surface area contributed by atoms with E-state index in [1.807, 2.05) is 0 Å². The predicted molar refractivity (Wildman–Crippen MR) is 58.8 cm³/mol. The van der Waals surface area contributed by atoms with Crippen molar-refractivity contribution >= 4 is 36.0 Å². The number of pyridine rings is 1. The summed E-state index contributed by atoms with van der Waals surface area (Å²) in [6.07, 6.45) is 4.93. The normalized spacial score (nSPS) is 10.7. The van der Waals surface area contributed by atoms with Crippen molar-refractivity contribution in [2.45, 2.75) is 0 Å². The lowest BCUT2D eigenvalue weighted by Gasteiger charge is -1.95. The van der Waals surface area contributed by atoms with E-state index in [0.717, 1.165) is 0 Å². The van der Waals surface area contributed by atoms with E-state index in [1.165, 1.54) is 12.3 Å². The summed E-state index contributed by atoms with van der Waals surface area (Å²) in [5.74, 6) is 0.566. The molecule has 0 atom stereocenters. The largest absolute Gasteiger partial charge is 0.307 e. The van der Waals surface area contributed by atoms with E-state index in [9.17, 15) is 10.1 Å². The van der Waals surface area contributed by atoms with Crippen molar-refractivity contribution in [1.82, 2.24) is 4.98 Å². The number of nitro groups is 1. The summed E-state index contributed by atoms with van der Waals surface area (Å²) in [6.45, 7) is 0. The first-order valence-corrected chi connectivity index (χ1v) is 4.73. The SMILES string of the molecule is O=[N+]([O-])c1cc(C=CCS)cnc1Cl. The summed E-state index contributed by atoms with van der Waals surface area (Å²) in [7, 11) is 0. The molecular formula is C8H7ClN2O2S. The molecule has 0 unspecified atom stereocenters. The van der Waals surface area contributed by atoms with Gasteiger partial charge in [-0.15, -0.1) is 0 Å². The lowest BCUT2D eigenvalue weighted by atomic mass is 10.2. The minimum atomic E-state index is -0.562. The molecule has 0 aliphatic heterocycles. The van der Waals surface area contributed by atoms with E-state index in [1.54, 1.807) is 12.2 Å². The molecule has 14 heavy (non-hydrogen) atoms. The van der Waals surface area contributed by atoms with E-state index >= 15 is 0 Å². The molecule has 6 heteroatoms. The van der Waals surface area contributed by atoms with Crippen LogP contribution in [0.2, 0.25) is 5.15 Å². The Bertz CT molecular complexity index is 382. The van der Waals surface area contributed by atoms with E-state index in [-0.39, 0.29) is 10.8 Å². The van der Waals surface area contributed by atoms with E-state index in [2.05, 4.69) is 17.6 Å². The highest BCUT2D eigenvalue weighted by Crippen LogP contribution is 2.22. The van der Waals surface area contributed by atoms with E-state index in [0.29, 0.717) is 11.3 Å². The predicted octanol–water partition coefficient (Wildman–Crippen LogP) is 2.59. The number of nitrogens with zero attached hydrogens (tertiary/aromatic N) is 2. The Kier molecular flexibility index (Phi) is 3.91. The fourth-order valence-electron chi connectivity index (χ4n) is 0.860. The van der Waals surface area contributed by atoms with Crippen LogP contribution in [0, 0.1) is 10.1 Å². The maximum atomic E-state index is 10.5. The molecule has 0 amide bonds. The van der Waals surface area contributed by atoms with Crippen LogP contribution < -0.4 is 0 Å². The summed E-state index contributed by atoms with van der Waals surface area (Å²) in [4.78, 5) is 13.6. The van der Waals surface area contributed by atoms with Gasteiger partial charge in [0.25, 0.3) is 0 Å². The molecule has 0 saturated carbocycles. The second-order valence-electron chi connectivity index (χ2n) is 2.42. The molecule has 4 nitrogen and oxygen atoms in total. The average molecular weight is 231 g/mol. The zero-order valence-electron chi connectivity index (χ0n) is 7.05. The van der Waals surface area contributed by atoms with Gasteiger partial charge < -0.3 is 0 Å². The van der Waals surface area contributed by atoms with Crippen molar-refractivity contribution in [2.24, 2.45) is 0 Å². The Morgan fingerprint density at radius 3 is 3.00 bits per heavy atom. The van der Waals surface area contributed by atoms with Gasteiger partial charge in [0.2, 0.25) is 5.15 Å². The van der Waals surface area contributed by atoms with Crippen molar-refractivity contribution in [2.75, 3.05) is 5.75 Å². The molecule has 0 spiro atoms. The minimum absolute atomic E-state index is 0.0991. The molecule has 74 valence electrons. The number of hydrogen-bond donors (Lipinski definition) is 1. The quantitative estimate of drug-likeness (QED) is 0.376. The molecular weight excluding hydrogens is 224 g/mol. The monoisotopic (exact) mass is 230 g/mol. The molecule has 1 aromatic heterocycles. The van der Waals surface area contributed by atoms with Crippen LogP contribution in [0.3, 0.4) is 0 Å². The molecule has 0 aliphatic carbocycles. The smallest absolute Gasteiger partial charge is 0.258 e. The van der Waals surface area contributed by atoms with Gasteiger partial charge in [-0.2, -0.15) is 12.6 Å². The third-order valence-corrected chi connectivity index (χ3v) is 1.96. The Labute approximate surface area is 91.2 Å². The van der Waals surface area contributed by atoms with Gasteiger partial charge in [-0.05, 0) is 5.56 Å². The number of thiol groups is 1. The van der Waals surface area contributed by atoms with Crippen molar-refractivity contribution in [1.29, 1.82) is 0 Å². The van der Waals surface area contributed by atoms with Gasteiger partial charge in [0.1, 0.15) is 0 Å². The second-order valence-corrected chi connectivity index (χ2v) is 3.14. The van der Waals surface area contributed by atoms with Crippen LogP contribution in [-0.4, -0.2) is 15.7 Å². The van der Waals surface area contributed by atoms with Crippen molar-refractivity contribution in [3.63, 3.8) is 0 Å². The maximum Gasteiger partial charge on any atom is 0.307 e. The summed E-state index contributed by atoms with van der Waals surface area (Å²) < 4.78 is 0. The number of rotatable bonds is 3. The molecule has 1 heterocycles. The third-order valence-electron chi connectivity index (χ3n) is 1.45. The van der Waals surface area contributed by atoms with E-state index in [4.69, 9.17) is 11.6 Å². The van der Waals surface area contributed by atoms with Crippen LogP contribution in [0.5, 0.6) is 0 Å². The Morgan fingerprint density at radius 1 is 1.71 bits per heavy atom. The highest BCUT2D eigenvalue weighted by Gasteiger charge is 2.12. The molecule has 0 bridgehead atoms. The zero-order chi connectivity index (χ0) is 10.6. The lowest BCUT2D eigenvalue weighted by molar-refractivity contribution is -0.385. The summed E-state index contributed by atoms with van der Waals surface area (Å²) in [6, 6.07) is 1.37. The Balaban J connectivity index is 3.06. The van der Waals surface area contributed by atoms with Gasteiger partial charge in [-0.3, -0.25) is 10.1 Å². The molecule has 0 aromatic carbocycles. The first kappa shape index (κ1) is 11.0. The van der Waals surface area contributed by atoms with Gasteiger partial charge in [-0.1, -0.05) is 23.8 Å². The minimum Gasteiger partial charge on any atom is -0.258 e. The van der Waals surface area contributed by atoms with Crippen molar-refractivity contribution in [3.8, 4) is 0 Å². The van der Waals surface area contributed by atoms with Gasteiger partial charge in [0, 0.05) is 18.0 Å². The summed E-state index contributed by atoms with van der Waals surface area (Å²) in [5, 5.41) is 10.4. The highest BCUT2D eigenvalue weighted by atomic mass is 35.5. The fourth-order valence-corrected chi connectivity index (χ4v) is 1.14. The first-order valence-electron chi connectivity index (χ1n) is 3.72. The standard InChI is InChI=1S/C8H7ClN2O2S/c9-8-7(11(12)13)4-6(5-10-8)2-1-3-14/h1-2,4-5,14H,3H2. The Morgan fingerprint density at radius 2 is 2.43 bits per heavy atom. The van der Waals surface area contributed by atoms with Gasteiger partial charge >= 0.3 is 5.69 Å². The molecule has 0 radical (unpaired) electrons. The molecule has 1 rings (SSSR count). The molecule has 1 aromatic rings. The van der Waals surface area contributed by atoms with Gasteiger partial charge in [0.05, 0.1) is 4.92 Å². The average Bonchev–Trinajstić information content (AvgIpc) is 2.16. The van der Waals surface area contributed by atoms with Crippen molar-refractivity contribution < 1.29 is 4.92 Å². The first-order chi connectivity index (χ1) is 6.65. The lowest BCUT2D eigenvalue weighted by Crippen LogP contribution is -1.91. The third kappa shape index (κ3) is 2.71. The number of hydrogen-bond acceptors (Lipinski definition) is 4. The Hall–Kier alpha value is -1.07. The van der Waals surface area contributed by atoms with Crippen LogP contribution in [0.1, 0.15) is 5.56 Å². The maximum absolute atomic E-state index is 10.5. The molecule has 0 aliphatic rings. The number of aromatic nitrogens is 1. The van der Waals surface area contributed by atoms with E-state index < -0.39 is 4.92 Å². The molecule has 0 N–H and O–H groups in total. The topological polar surface area (TPSA) is 56.0 Å². The van der Waals surface area contributed by atoms with Crippen LogP contribution >= 0.6 is 24.2 Å². The second kappa shape index (κ2) is 4.97. The number of halogens is 1. The van der Waals surface area contributed by atoms with Gasteiger partial charge in [-0.25, -0.2) is 4.98 Å².